The summed E-state index contributed by atoms with van der Waals surface area (Å²) in [5, 5.41) is 24.6. The second-order valence-electron chi connectivity index (χ2n) is 5.87. The molecule has 1 aliphatic heterocycles. The van der Waals surface area contributed by atoms with Crippen molar-refractivity contribution < 1.29 is 24.2 Å². The molecule has 130 valence electrons. The van der Waals surface area contributed by atoms with Gasteiger partial charge in [-0.15, -0.1) is 0 Å². The van der Waals surface area contributed by atoms with Gasteiger partial charge in [-0.1, -0.05) is 18.2 Å². The number of carboxylic acids is 1. The molecule has 2 aromatic rings. The number of rotatable bonds is 5. The molecule has 0 spiro atoms. The lowest BCUT2D eigenvalue weighted by Crippen LogP contribution is -2.27. The summed E-state index contributed by atoms with van der Waals surface area (Å²) in [5.74, 6) is -0.0963. The number of nitrogens with zero attached hydrogens (tertiary/aromatic N) is 2. The van der Waals surface area contributed by atoms with Crippen molar-refractivity contribution in [3.63, 3.8) is 0 Å². The molecule has 2 N–H and O–H groups in total. The number of aliphatic carboxylic acids is 1. The normalized spacial score (nSPS) is 16.8. The van der Waals surface area contributed by atoms with Crippen molar-refractivity contribution in [1.29, 1.82) is 0 Å². The number of benzene rings is 1. The van der Waals surface area contributed by atoms with Crippen LogP contribution in [0.1, 0.15) is 42.4 Å². The van der Waals surface area contributed by atoms with Crippen LogP contribution in [0.15, 0.2) is 45.9 Å². The van der Waals surface area contributed by atoms with Crippen molar-refractivity contribution in [2.24, 2.45) is 5.10 Å². The molecule has 2 heterocycles. The average Bonchev–Trinajstić information content (AvgIpc) is 3.19. The van der Waals surface area contributed by atoms with Gasteiger partial charge in [0, 0.05) is 18.4 Å². The molecule has 7 heteroatoms. The Morgan fingerprint density at radius 2 is 2.00 bits per heavy atom. The van der Waals surface area contributed by atoms with E-state index in [2.05, 4.69) is 5.10 Å². The second kappa shape index (κ2) is 6.80. The van der Waals surface area contributed by atoms with Gasteiger partial charge in [-0.3, -0.25) is 9.59 Å². The summed E-state index contributed by atoms with van der Waals surface area (Å²) in [6.07, 6.45) is -0.0513. The van der Waals surface area contributed by atoms with E-state index in [1.165, 1.54) is 5.01 Å². The van der Waals surface area contributed by atoms with E-state index in [-0.39, 0.29) is 18.6 Å². The molecule has 25 heavy (non-hydrogen) atoms. The number of carboxylic acid groups (broad SMARTS) is 1. The quantitative estimate of drug-likeness (QED) is 0.869. The predicted octanol–water partition coefficient (Wildman–Crippen LogP) is 2.84. The molecule has 0 saturated carbocycles. The third-order valence-corrected chi connectivity index (χ3v) is 4.04. The van der Waals surface area contributed by atoms with E-state index in [0.717, 1.165) is 5.76 Å². The van der Waals surface area contributed by atoms with Gasteiger partial charge in [0.1, 0.15) is 23.0 Å². The number of hydrogen-bond donors (Lipinski definition) is 2. The van der Waals surface area contributed by atoms with Gasteiger partial charge in [0.15, 0.2) is 0 Å². The van der Waals surface area contributed by atoms with Crippen molar-refractivity contribution >= 4 is 17.6 Å². The third-order valence-electron chi connectivity index (χ3n) is 4.04. The van der Waals surface area contributed by atoms with Gasteiger partial charge in [-0.25, -0.2) is 5.01 Å². The van der Waals surface area contributed by atoms with E-state index >= 15 is 0 Å². The summed E-state index contributed by atoms with van der Waals surface area (Å²) in [5.41, 5.74) is 1.15. The number of aromatic hydroxyl groups is 1. The summed E-state index contributed by atoms with van der Waals surface area (Å²) in [4.78, 5) is 23.2. The maximum atomic E-state index is 12.5. The topological polar surface area (TPSA) is 103 Å². The van der Waals surface area contributed by atoms with Gasteiger partial charge in [-0.05, 0) is 25.1 Å². The molecule has 1 amide bonds. The SMILES string of the molecule is Cc1ccc(C2=NN(C(=O)CCC(=O)O)[C@H](c3ccccc3O)C2)o1. The molecular formula is C18H18N2O5. The highest BCUT2D eigenvalue weighted by atomic mass is 16.4. The number of phenolic OH excluding ortho intramolecular Hbond substituents is 1. The molecule has 1 aromatic carbocycles. The van der Waals surface area contributed by atoms with Gasteiger partial charge in [0.2, 0.25) is 5.91 Å². The number of carbonyl (C=O) groups is 2. The van der Waals surface area contributed by atoms with E-state index < -0.39 is 17.9 Å². The monoisotopic (exact) mass is 342 g/mol. The number of para-hydroxylation sites is 1. The molecule has 0 unspecified atom stereocenters. The van der Waals surface area contributed by atoms with Crippen molar-refractivity contribution in [2.45, 2.75) is 32.2 Å². The maximum Gasteiger partial charge on any atom is 0.303 e. The minimum atomic E-state index is -1.04. The Balaban J connectivity index is 1.92. The lowest BCUT2D eigenvalue weighted by Gasteiger charge is -2.22. The molecule has 1 aliphatic rings. The number of hydrogen-bond acceptors (Lipinski definition) is 5. The highest BCUT2D eigenvalue weighted by molar-refractivity contribution is 6.01. The van der Waals surface area contributed by atoms with Crippen molar-refractivity contribution in [1.82, 2.24) is 5.01 Å². The molecule has 0 saturated heterocycles. The lowest BCUT2D eigenvalue weighted by molar-refractivity contribution is -0.141. The van der Waals surface area contributed by atoms with Crippen LogP contribution in [-0.2, 0) is 9.59 Å². The van der Waals surface area contributed by atoms with Gasteiger partial charge in [-0.2, -0.15) is 5.10 Å². The fraction of sp³-hybridized carbons (Fsp3) is 0.278. The zero-order chi connectivity index (χ0) is 18.0. The molecular weight excluding hydrogens is 324 g/mol. The van der Waals surface area contributed by atoms with E-state index in [1.54, 1.807) is 30.3 Å². The number of furan rings is 1. The maximum absolute atomic E-state index is 12.5. The fourth-order valence-corrected chi connectivity index (χ4v) is 2.82. The van der Waals surface area contributed by atoms with Crippen LogP contribution < -0.4 is 0 Å². The van der Waals surface area contributed by atoms with Crippen LogP contribution in [0.5, 0.6) is 5.75 Å². The Labute approximate surface area is 144 Å². The van der Waals surface area contributed by atoms with Crippen LogP contribution in [-0.4, -0.2) is 32.8 Å². The number of phenols is 1. The van der Waals surface area contributed by atoms with E-state index in [9.17, 15) is 14.7 Å². The van der Waals surface area contributed by atoms with Crippen LogP contribution in [0, 0.1) is 6.92 Å². The Hall–Kier alpha value is -3.09. The summed E-state index contributed by atoms with van der Waals surface area (Å²) < 4.78 is 5.58. The van der Waals surface area contributed by atoms with Crippen molar-refractivity contribution in [3.8, 4) is 5.75 Å². The van der Waals surface area contributed by atoms with Crippen molar-refractivity contribution in [2.75, 3.05) is 0 Å². The molecule has 0 bridgehead atoms. The van der Waals surface area contributed by atoms with Crippen LogP contribution in [0.2, 0.25) is 0 Å². The second-order valence-corrected chi connectivity index (χ2v) is 5.87. The third kappa shape index (κ3) is 3.55. The zero-order valence-corrected chi connectivity index (χ0v) is 13.7. The summed E-state index contributed by atoms with van der Waals surface area (Å²) in [6, 6.07) is 9.82. The molecule has 1 atom stereocenters. The largest absolute Gasteiger partial charge is 0.508 e. The first-order chi connectivity index (χ1) is 12.0. The van der Waals surface area contributed by atoms with Gasteiger partial charge in [0.25, 0.3) is 0 Å². The number of carbonyl (C=O) groups excluding carboxylic acids is 1. The predicted molar refractivity (Wildman–Crippen MR) is 89.2 cm³/mol. The number of aryl methyl sites for hydroxylation is 1. The summed E-state index contributed by atoms with van der Waals surface area (Å²) in [7, 11) is 0. The first-order valence-corrected chi connectivity index (χ1v) is 7.91. The zero-order valence-electron chi connectivity index (χ0n) is 13.7. The highest BCUT2D eigenvalue weighted by Gasteiger charge is 2.35. The first-order valence-electron chi connectivity index (χ1n) is 7.91. The smallest absolute Gasteiger partial charge is 0.303 e. The Kier molecular flexibility index (Phi) is 4.56. The van der Waals surface area contributed by atoms with E-state index in [0.29, 0.717) is 23.5 Å². The minimum Gasteiger partial charge on any atom is -0.508 e. The Bertz CT molecular complexity index is 839. The van der Waals surface area contributed by atoms with E-state index in [4.69, 9.17) is 9.52 Å². The Morgan fingerprint density at radius 3 is 2.64 bits per heavy atom. The van der Waals surface area contributed by atoms with Crippen LogP contribution in [0.25, 0.3) is 0 Å². The van der Waals surface area contributed by atoms with Crippen molar-refractivity contribution in [3.05, 3.63) is 53.5 Å². The standard InChI is InChI=1S/C18H18N2O5/c1-11-6-7-16(25-11)13-10-14(12-4-2-3-5-15(12)21)20(19-13)17(22)8-9-18(23)24/h2-7,14,21H,8-10H2,1H3,(H,23,24)/t14-/m0/s1. The highest BCUT2D eigenvalue weighted by Crippen LogP contribution is 2.37. The summed E-state index contributed by atoms with van der Waals surface area (Å²) in [6.45, 7) is 1.81. The fourth-order valence-electron chi connectivity index (χ4n) is 2.82. The van der Waals surface area contributed by atoms with Gasteiger partial charge >= 0.3 is 5.97 Å². The van der Waals surface area contributed by atoms with Gasteiger partial charge in [0.05, 0.1) is 12.5 Å². The molecule has 0 radical (unpaired) electrons. The molecule has 0 fully saturated rings. The minimum absolute atomic E-state index is 0.0654. The van der Waals surface area contributed by atoms with Crippen LogP contribution in [0.3, 0.4) is 0 Å². The Morgan fingerprint density at radius 1 is 1.24 bits per heavy atom. The number of hydrazone groups is 1. The lowest BCUT2D eigenvalue weighted by atomic mass is 9.99. The molecule has 7 nitrogen and oxygen atoms in total. The van der Waals surface area contributed by atoms with Crippen LogP contribution in [0.4, 0.5) is 0 Å². The molecule has 1 aromatic heterocycles. The molecule has 3 rings (SSSR count). The average molecular weight is 342 g/mol. The van der Waals surface area contributed by atoms with Crippen LogP contribution >= 0.6 is 0 Å². The summed E-state index contributed by atoms with van der Waals surface area (Å²) >= 11 is 0. The number of amides is 1. The van der Waals surface area contributed by atoms with Gasteiger partial charge < -0.3 is 14.6 Å². The van der Waals surface area contributed by atoms with E-state index in [1.807, 2.05) is 13.0 Å². The molecule has 0 aliphatic carbocycles. The first kappa shape index (κ1) is 16.8.